The van der Waals surface area contributed by atoms with Crippen LogP contribution in [0.25, 0.3) is 0 Å². The van der Waals surface area contributed by atoms with E-state index in [9.17, 15) is 0 Å². The van der Waals surface area contributed by atoms with E-state index in [1.807, 2.05) is 0 Å². The first-order valence-electron chi connectivity index (χ1n) is 6.64. The Labute approximate surface area is 98.0 Å². The molecule has 1 aliphatic heterocycles. The quantitative estimate of drug-likeness (QED) is 0.680. The molecule has 3 rings (SSSR count). The van der Waals surface area contributed by atoms with E-state index >= 15 is 0 Å². The topological polar surface area (TPSA) is 18.5 Å². The summed E-state index contributed by atoms with van der Waals surface area (Å²) in [6.07, 6.45) is 8.64. The molecule has 0 aromatic rings. The Hall–Kier alpha value is -0.340. The smallest absolute Gasteiger partial charge is 0.158 e. The summed E-state index contributed by atoms with van der Waals surface area (Å²) in [6.45, 7) is 5.27. The molecule has 3 fully saturated rings. The van der Waals surface area contributed by atoms with Gasteiger partial charge < -0.3 is 9.47 Å². The summed E-state index contributed by atoms with van der Waals surface area (Å²) >= 11 is 0. The van der Waals surface area contributed by atoms with Crippen LogP contribution in [0.1, 0.15) is 46.0 Å². The van der Waals surface area contributed by atoms with Gasteiger partial charge in [0.05, 0.1) is 5.60 Å². The van der Waals surface area contributed by atoms with Crippen molar-refractivity contribution in [2.45, 2.75) is 57.8 Å². The largest absolute Gasteiger partial charge is 0.353 e. The highest BCUT2D eigenvalue weighted by molar-refractivity contribution is 5.17. The molecule has 0 spiro atoms. The molecule has 90 valence electrons. The highest BCUT2D eigenvalue weighted by Crippen LogP contribution is 2.61. The zero-order valence-corrected chi connectivity index (χ0v) is 10.4. The average molecular weight is 222 g/mol. The number of rotatable bonds is 4. The van der Waals surface area contributed by atoms with Crippen LogP contribution in [0.3, 0.4) is 0 Å². The molecule has 0 aromatic carbocycles. The molecule has 0 radical (unpaired) electrons. The molecular formula is C14H22O2. The fourth-order valence-corrected chi connectivity index (χ4v) is 3.03. The Morgan fingerprint density at radius 3 is 2.75 bits per heavy atom. The van der Waals surface area contributed by atoms with Crippen LogP contribution in [-0.2, 0) is 9.47 Å². The minimum Gasteiger partial charge on any atom is -0.353 e. The van der Waals surface area contributed by atoms with Crippen LogP contribution in [0.2, 0.25) is 0 Å². The highest BCUT2D eigenvalue weighted by Gasteiger charge is 2.60. The van der Waals surface area contributed by atoms with Gasteiger partial charge in [-0.3, -0.25) is 0 Å². The molecule has 16 heavy (non-hydrogen) atoms. The van der Waals surface area contributed by atoms with Crippen molar-refractivity contribution in [2.75, 3.05) is 6.61 Å². The zero-order chi connectivity index (χ0) is 11.2. The molecule has 2 heteroatoms. The molecule has 0 amide bonds. The molecule has 0 aromatic heterocycles. The second kappa shape index (κ2) is 3.85. The third-order valence-electron chi connectivity index (χ3n) is 4.06. The zero-order valence-electron chi connectivity index (χ0n) is 10.4. The van der Waals surface area contributed by atoms with Crippen LogP contribution in [0.15, 0.2) is 11.6 Å². The van der Waals surface area contributed by atoms with Crippen molar-refractivity contribution in [3.05, 3.63) is 11.6 Å². The lowest BCUT2D eigenvalue weighted by Crippen LogP contribution is -2.25. The van der Waals surface area contributed by atoms with Gasteiger partial charge in [0.15, 0.2) is 6.29 Å². The number of ether oxygens (including phenoxy) is 2. The van der Waals surface area contributed by atoms with E-state index in [0.717, 1.165) is 24.9 Å². The fourth-order valence-electron chi connectivity index (χ4n) is 3.03. The van der Waals surface area contributed by atoms with E-state index in [2.05, 4.69) is 19.9 Å². The lowest BCUT2D eigenvalue weighted by molar-refractivity contribution is -0.161. The van der Waals surface area contributed by atoms with Crippen molar-refractivity contribution in [2.24, 2.45) is 11.8 Å². The van der Waals surface area contributed by atoms with Gasteiger partial charge in [0.2, 0.25) is 0 Å². The van der Waals surface area contributed by atoms with Gasteiger partial charge in [-0.2, -0.15) is 0 Å². The highest BCUT2D eigenvalue weighted by atomic mass is 16.7. The minimum atomic E-state index is 0.107. The molecule has 2 nitrogen and oxygen atoms in total. The molecule has 1 saturated heterocycles. The van der Waals surface area contributed by atoms with Crippen LogP contribution >= 0.6 is 0 Å². The number of allylic oxidation sites excluding steroid dienone is 2. The first-order chi connectivity index (χ1) is 7.70. The van der Waals surface area contributed by atoms with Gasteiger partial charge in [0.1, 0.15) is 0 Å². The maximum absolute atomic E-state index is 6.19. The predicted octanol–water partition coefficient (Wildman–Crippen LogP) is 3.27. The van der Waals surface area contributed by atoms with Gasteiger partial charge in [-0.25, -0.2) is 0 Å². The third-order valence-corrected chi connectivity index (χ3v) is 4.06. The van der Waals surface area contributed by atoms with Crippen molar-refractivity contribution in [3.8, 4) is 0 Å². The van der Waals surface area contributed by atoms with Crippen molar-refractivity contribution < 1.29 is 9.47 Å². The van der Waals surface area contributed by atoms with E-state index in [0.29, 0.717) is 0 Å². The first kappa shape index (κ1) is 10.8. The van der Waals surface area contributed by atoms with E-state index < -0.39 is 0 Å². The second-order valence-corrected chi connectivity index (χ2v) is 5.88. The second-order valence-electron chi connectivity index (χ2n) is 5.88. The summed E-state index contributed by atoms with van der Waals surface area (Å²) in [7, 11) is 0. The van der Waals surface area contributed by atoms with Gasteiger partial charge in [-0.05, 0) is 51.4 Å². The maximum Gasteiger partial charge on any atom is 0.158 e. The number of hydrogen-bond acceptors (Lipinski definition) is 2. The minimum absolute atomic E-state index is 0.107. The first-order valence-corrected chi connectivity index (χ1v) is 6.64. The van der Waals surface area contributed by atoms with Gasteiger partial charge in [0.25, 0.3) is 0 Å². The Bertz CT molecular complexity index is 294. The molecule has 2 aliphatic carbocycles. The Balaban J connectivity index is 1.56. The van der Waals surface area contributed by atoms with E-state index in [4.69, 9.17) is 9.47 Å². The van der Waals surface area contributed by atoms with Gasteiger partial charge >= 0.3 is 0 Å². The standard InChI is InChI=1S/C14H22O2/c1-10(2)8-11-9-12(11)14(5-6-14)16-13-4-3-7-15-13/h8,11-13H,3-7,9H2,1-2H3. The lowest BCUT2D eigenvalue weighted by atomic mass is 10.1. The van der Waals surface area contributed by atoms with Gasteiger partial charge in [-0.15, -0.1) is 0 Å². The van der Waals surface area contributed by atoms with Crippen molar-refractivity contribution in [1.29, 1.82) is 0 Å². The van der Waals surface area contributed by atoms with Gasteiger partial charge in [0, 0.05) is 13.0 Å². The van der Waals surface area contributed by atoms with Crippen LogP contribution in [0, 0.1) is 11.8 Å². The lowest BCUT2D eigenvalue weighted by Gasteiger charge is -2.21. The van der Waals surface area contributed by atoms with Crippen molar-refractivity contribution in [3.63, 3.8) is 0 Å². The molecular weight excluding hydrogens is 200 g/mol. The molecule has 3 atom stereocenters. The monoisotopic (exact) mass is 222 g/mol. The summed E-state index contributed by atoms with van der Waals surface area (Å²) in [5.74, 6) is 1.57. The maximum atomic E-state index is 6.19. The van der Waals surface area contributed by atoms with Crippen LogP contribution < -0.4 is 0 Å². The van der Waals surface area contributed by atoms with E-state index in [1.165, 1.54) is 31.3 Å². The normalized spacial score (nSPS) is 39.5. The average Bonchev–Trinajstić information content (AvgIpc) is 3.08. The summed E-state index contributed by atoms with van der Waals surface area (Å²) in [6, 6.07) is 0. The SMILES string of the molecule is CC(C)=CC1CC1C1(OC2CCCO2)CC1. The molecule has 3 unspecified atom stereocenters. The molecule has 2 saturated carbocycles. The van der Waals surface area contributed by atoms with Crippen molar-refractivity contribution >= 4 is 0 Å². The Kier molecular flexibility index (Phi) is 2.60. The summed E-state index contributed by atoms with van der Waals surface area (Å²) in [5.41, 5.74) is 1.66. The summed E-state index contributed by atoms with van der Waals surface area (Å²) in [4.78, 5) is 0. The van der Waals surface area contributed by atoms with Crippen molar-refractivity contribution in [1.82, 2.24) is 0 Å². The Morgan fingerprint density at radius 1 is 1.38 bits per heavy atom. The van der Waals surface area contributed by atoms with Gasteiger partial charge in [-0.1, -0.05) is 11.6 Å². The fraction of sp³-hybridized carbons (Fsp3) is 0.857. The Morgan fingerprint density at radius 2 is 2.19 bits per heavy atom. The number of hydrogen-bond donors (Lipinski definition) is 0. The summed E-state index contributed by atoms with van der Waals surface area (Å²) < 4.78 is 11.8. The molecule has 1 heterocycles. The molecule has 3 aliphatic rings. The van der Waals surface area contributed by atoms with Crippen LogP contribution in [-0.4, -0.2) is 18.5 Å². The third kappa shape index (κ3) is 2.05. The summed E-state index contributed by atoms with van der Waals surface area (Å²) in [5, 5.41) is 0. The van der Waals surface area contributed by atoms with Crippen LogP contribution in [0.4, 0.5) is 0 Å². The molecule has 0 bridgehead atoms. The molecule has 0 N–H and O–H groups in total. The van der Waals surface area contributed by atoms with Crippen LogP contribution in [0.5, 0.6) is 0 Å². The van der Waals surface area contributed by atoms with E-state index in [-0.39, 0.29) is 11.9 Å². The predicted molar refractivity (Wildman–Crippen MR) is 63.1 cm³/mol. The van der Waals surface area contributed by atoms with E-state index in [1.54, 1.807) is 0 Å².